The molecule has 3 aromatic rings. The van der Waals surface area contributed by atoms with Gasteiger partial charge in [-0.1, -0.05) is 53.6 Å². The zero-order valence-corrected chi connectivity index (χ0v) is 16.3. The number of thioether (sulfide) groups is 1. The Morgan fingerprint density at radius 2 is 1.73 bits per heavy atom. The maximum absolute atomic E-state index is 12.7. The number of halogens is 1. The van der Waals surface area contributed by atoms with Crippen LogP contribution in [-0.2, 0) is 5.75 Å². The SMILES string of the molecule is Cc1ccc(C)c(C(=O)Nc2ccccc2SCc2ccc(Cl)cc2)c1. The molecule has 0 saturated carbocycles. The Morgan fingerprint density at radius 1 is 1.00 bits per heavy atom. The van der Waals surface area contributed by atoms with Crippen LogP contribution in [0.2, 0.25) is 5.02 Å². The third-order valence-electron chi connectivity index (χ3n) is 4.08. The predicted octanol–water partition coefficient (Wildman–Crippen LogP) is 6.50. The molecule has 0 bridgehead atoms. The first-order valence-corrected chi connectivity index (χ1v) is 9.74. The Bertz CT molecular complexity index is 922. The van der Waals surface area contributed by atoms with Crippen LogP contribution in [0.4, 0.5) is 5.69 Å². The van der Waals surface area contributed by atoms with Crippen molar-refractivity contribution in [1.82, 2.24) is 0 Å². The minimum absolute atomic E-state index is 0.0780. The molecule has 0 atom stereocenters. The van der Waals surface area contributed by atoms with Crippen LogP contribution in [0.3, 0.4) is 0 Å². The number of hydrogen-bond acceptors (Lipinski definition) is 2. The standard InChI is InChI=1S/C22H20ClNOS/c1-15-7-8-16(2)19(13-15)22(25)24-20-5-3-4-6-21(20)26-14-17-9-11-18(23)12-10-17/h3-13H,14H2,1-2H3,(H,24,25). The lowest BCUT2D eigenvalue weighted by molar-refractivity contribution is 0.102. The fourth-order valence-corrected chi connectivity index (χ4v) is 3.70. The largest absolute Gasteiger partial charge is 0.321 e. The Labute approximate surface area is 163 Å². The van der Waals surface area contributed by atoms with Crippen LogP contribution in [0.1, 0.15) is 27.0 Å². The maximum atomic E-state index is 12.7. The second-order valence-corrected chi connectivity index (χ2v) is 7.64. The van der Waals surface area contributed by atoms with Crippen LogP contribution in [0.25, 0.3) is 0 Å². The summed E-state index contributed by atoms with van der Waals surface area (Å²) >= 11 is 7.63. The van der Waals surface area contributed by atoms with Gasteiger partial charge in [0, 0.05) is 21.2 Å². The van der Waals surface area contributed by atoms with Crippen molar-refractivity contribution in [1.29, 1.82) is 0 Å². The number of carbonyl (C=O) groups is 1. The van der Waals surface area contributed by atoms with E-state index in [0.717, 1.165) is 32.5 Å². The molecule has 2 nitrogen and oxygen atoms in total. The van der Waals surface area contributed by atoms with Crippen LogP contribution in [0.15, 0.2) is 71.6 Å². The molecule has 0 aliphatic carbocycles. The van der Waals surface area contributed by atoms with Gasteiger partial charge in [-0.3, -0.25) is 4.79 Å². The van der Waals surface area contributed by atoms with Gasteiger partial charge >= 0.3 is 0 Å². The zero-order valence-electron chi connectivity index (χ0n) is 14.8. The van der Waals surface area contributed by atoms with Gasteiger partial charge < -0.3 is 5.32 Å². The van der Waals surface area contributed by atoms with Crippen molar-refractivity contribution in [3.63, 3.8) is 0 Å². The predicted molar refractivity (Wildman–Crippen MR) is 111 cm³/mol. The van der Waals surface area contributed by atoms with Crippen molar-refractivity contribution < 1.29 is 4.79 Å². The quantitative estimate of drug-likeness (QED) is 0.511. The number of benzene rings is 3. The molecule has 0 aliphatic rings. The third kappa shape index (κ3) is 4.69. The first-order chi connectivity index (χ1) is 12.5. The summed E-state index contributed by atoms with van der Waals surface area (Å²) in [6.07, 6.45) is 0. The van der Waals surface area contributed by atoms with E-state index in [1.807, 2.05) is 80.6 Å². The highest BCUT2D eigenvalue weighted by Gasteiger charge is 2.12. The summed E-state index contributed by atoms with van der Waals surface area (Å²) in [6, 6.07) is 21.6. The van der Waals surface area contributed by atoms with Gasteiger partial charge in [0.25, 0.3) is 5.91 Å². The molecule has 0 unspecified atom stereocenters. The molecular weight excluding hydrogens is 362 g/mol. The molecule has 26 heavy (non-hydrogen) atoms. The highest BCUT2D eigenvalue weighted by Crippen LogP contribution is 2.30. The highest BCUT2D eigenvalue weighted by atomic mass is 35.5. The van der Waals surface area contributed by atoms with Crippen molar-refractivity contribution in [2.24, 2.45) is 0 Å². The number of rotatable bonds is 5. The average Bonchev–Trinajstić information content (AvgIpc) is 2.64. The fraction of sp³-hybridized carbons (Fsp3) is 0.136. The minimum atomic E-state index is -0.0780. The highest BCUT2D eigenvalue weighted by molar-refractivity contribution is 7.98. The third-order valence-corrected chi connectivity index (χ3v) is 5.48. The lowest BCUT2D eigenvalue weighted by Crippen LogP contribution is -2.14. The number of nitrogens with one attached hydrogen (secondary N) is 1. The molecule has 3 aromatic carbocycles. The number of aryl methyl sites for hydroxylation is 2. The van der Waals surface area contributed by atoms with E-state index in [9.17, 15) is 4.79 Å². The molecule has 0 radical (unpaired) electrons. The zero-order chi connectivity index (χ0) is 18.5. The molecule has 0 aromatic heterocycles. The van der Waals surface area contributed by atoms with Crippen LogP contribution < -0.4 is 5.32 Å². The van der Waals surface area contributed by atoms with Crippen molar-refractivity contribution >= 4 is 35.0 Å². The lowest BCUT2D eigenvalue weighted by Gasteiger charge is -2.12. The normalized spacial score (nSPS) is 10.6. The van der Waals surface area contributed by atoms with E-state index in [0.29, 0.717) is 5.56 Å². The Hall–Kier alpha value is -2.23. The maximum Gasteiger partial charge on any atom is 0.255 e. The first kappa shape index (κ1) is 18.6. The summed E-state index contributed by atoms with van der Waals surface area (Å²) in [6.45, 7) is 3.95. The van der Waals surface area contributed by atoms with Gasteiger partial charge in [0.15, 0.2) is 0 Å². The summed E-state index contributed by atoms with van der Waals surface area (Å²) in [5.74, 6) is 0.735. The molecule has 3 rings (SSSR count). The first-order valence-electron chi connectivity index (χ1n) is 8.38. The molecular formula is C22H20ClNOS. The molecule has 0 heterocycles. The van der Waals surface area contributed by atoms with Crippen LogP contribution >= 0.6 is 23.4 Å². The van der Waals surface area contributed by atoms with Gasteiger partial charge in [0.2, 0.25) is 0 Å². The smallest absolute Gasteiger partial charge is 0.255 e. The molecule has 0 aliphatic heterocycles. The monoisotopic (exact) mass is 381 g/mol. The summed E-state index contributed by atoms with van der Waals surface area (Å²) in [5, 5.41) is 3.80. The van der Waals surface area contributed by atoms with Gasteiger partial charge in [-0.2, -0.15) is 0 Å². The molecule has 4 heteroatoms. The molecule has 1 N–H and O–H groups in total. The second kappa shape index (κ2) is 8.43. The Morgan fingerprint density at radius 3 is 2.50 bits per heavy atom. The number of anilines is 1. The topological polar surface area (TPSA) is 29.1 Å². The summed E-state index contributed by atoms with van der Waals surface area (Å²) in [7, 11) is 0. The van der Waals surface area contributed by atoms with E-state index in [2.05, 4.69) is 5.32 Å². The summed E-state index contributed by atoms with van der Waals surface area (Å²) in [4.78, 5) is 13.8. The number of carbonyl (C=O) groups excluding carboxylic acids is 1. The van der Waals surface area contributed by atoms with E-state index >= 15 is 0 Å². The van der Waals surface area contributed by atoms with Crippen LogP contribution in [0.5, 0.6) is 0 Å². The minimum Gasteiger partial charge on any atom is -0.321 e. The molecule has 1 amide bonds. The van der Waals surface area contributed by atoms with Gasteiger partial charge in [-0.05, 0) is 55.3 Å². The van der Waals surface area contributed by atoms with Crippen molar-refractivity contribution in [3.05, 3.63) is 94.0 Å². The van der Waals surface area contributed by atoms with Crippen molar-refractivity contribution in [3.8, 4) is 0 Å². The van der Waals surface area contributed by atoms with Gasteiger partial charge in [0.05, 0.1) is 5.69 Å². The number of para-hydroxylation sites is 1. The summed E-state index contributed by atoms with van der Waals surface area (Å²) in [5.41, 5.74) is 4.78. The number of hydrogen-bond donors (Lipinski definition) is 1. The molecule has 132 valence electrons. The van der Waals surface area contributed by atoms with E-state index < -0.39 is 0 Å². The van der Waals surface area contributed by atoms with E-state index in [1.54, 1.807) is 11.8 Å². The summed E-state index contributed by atoms with van der Waals surface area (Å²) < 4.78 is 0. The molecule has 0 saturated heterocycles. The van der Waals surface area contributed by atoms with Crippen molar-refractivity contribution in [2.75, 3.05) is 5.32 Å². The molecule has 0 spiro atoms. The van der Waals surface area contributed by atoms with Gasteiger partial charge in [0.1, 0.15) is 0 Å². The lowest BCUT2D eigenvalue weighted by atomic mass is 10.1. The van der Waals surface area contributed by atoms with E-state index in [1.165, 1.54) is 5.56 Å². The van der Waals surface area contributed by atoms with Gasteiger partial charge in [-0.25, -0.2) is 0 Å². The number of amides is 1. The van der Waals surface area contributed by atoms with Gasteiger partial charge in [-0.15, -0.1) is 11.8 Å². The van der Waals surface area contributed by atoms with E-state index in [4.69, 9.17) is 11.6 Å². The van der Waals surface area contributed by atoms with Crippen molar-refractivity contribution in [2.45, 2.75) is 24.5 Å². The Kier molecular flexibility index (Phi) is 6.02. The second-order valence-electron chi connectivity index (χ2n) is 6.18. The molecule has 0 fully saturated rings. The Balaban J connectivity index is 1.75. The van der Waals surface area contributed by atoms with Crippen LogP contribution in [-0.4, -0.2) is 5.91 Å². The fourth-order valence-electron chi connectivity index (χ4n) is 2.61. The van der Waals surface area contributed by atoms with E-state index in [-0.39, 0.29) is 5.91 Å². The average molecular weight is 382 g/mol. The van der Waals surface area contributed by atoms with Crippen LogP contribution in [0, 0.1) is 13.8 Å².